The topological polar surface area (TPSA) is 67.8 Å². The summed E-state index contributed by atoms with van der Waals surface area (Å²) in [4.78, 5) is 24.8. The first-order valence-electron chi connectivity index (χ1n) is 6.46. The molecule has 2 atom stereocenters. The third-order valence-corrected chi connectivity index (χ3v) is 4.19. The van der Waals surface area contributed by atoms with Crippen molar-refractivity contribution in [2.75, 3.05) is 5.32 Å². The van der Waals surface area contributed by atoms with Crippen molar-refractivity contribution in [3.8, 4) is 0 Å². The first kappa shape index (κ1) is 14.4. The molecule has 1 amide bonds. The largest absolute Gasteiger partial charge is 0.325 e. The molecule has 2 heterocycles. The number of amides is 1. The van der Waals surface area contributed by atoms with Crippen molar-refractivity contribution in [1.29, 1.82) is 0 Å². The van der Waals surface area contributed by atoms with Gasteiger partial charge in [0.25, 0.3) is 0 Å². The predicted octanol–water partition coefficient (Wildman–Crippen LogP) is 3.34. The van der Waals surface area contributed by atoms with Crippen LogP contribution in [0.25, 0.3) is 0 Å². The van der Waals surface area contributed by atoms with E-state index in [1.807, 2.05) is 13.0 Å². The van der Waals surface area contributed by atoms with Gasteiger partial charge < -0.3 is 5.32 Å². The zero-order valence-corrected chi connectivity index (χ0v) is 13.5. The summed E-state index contributed by atoms with van der Waals surface area (Å²) in [5.74, 6) is 0.696. The molecule has 0 radical (unpaired) electrons. The van der Waals surface area contributed by atoms with Crippen LogP contribution in [-0.2, 0) is 4.79 Å². The monoisotopic (exact) mass is 366 g/mol. The normalized spacial score (nSPS) is 20.1. The quantitative estimate of drug-likeness (QED) is 0.845. The molecule has 3 rings (SSSR count). The highest BCUT2D eigenvalue weighted by atomic mass is 79.9. The van der Waals surface area contributed by atoms with Crippen LogP contribution in [-0.4, -0.2) is 20.9 Å². The fourth-order valence-corrected chi connectivity index (χ4v) is 2.63. The van der Waals surface area contributed by atoms with Crippen LogP contribution in [0.15, 0.2) is 29.0 Å². The highest BCUT2D eigenvalue weighted by Gasteiger charge is 2.46. The average molecular weight is 368 g/mol. The summed E-state index contributed by atoms with van der Waals surface area (Å²) >= 11 is 9.17. The summed E-state index contributed by atoms with van der Waals surface area (Å²) < 4.78 is 0.698. The molecule has 0 saturated heterocycles. The highest BCUT2D eigenvalue weighted by Crippen LogP contribution is 2.46. The maximum Gasteiger partial charge on any atom is 0.228 e. The molecule has 5 nitrogen and oxygen atoms in total. The van der Waals surface area contributed by atoms with Gasteiger partial charge in [0.05, 0.1) is 10.2 Å². The first-order chi connectivity index (χ1) is 10.0. The lowest BCUT2D eigenvalue weighted by Crippen LogP contribution is -2.15. The molecular formula is C14H12BrClN4O. The van der Waals surface area contributed by atoms with Gasteiger partial charge in [-0.15, -0.1) is 0 Å². The molecule has 108 valence electrons. The molecule has 1 N–H and O–H groups in total. The lowest BCUT2D eigenvalue weighted by atomic mass is 10.2. The van der Waals surface area contributed by atoms with Crippen LogP contribution in [0.2, 0.25) is 5.15 Å². The third kappa shape index (κ3) is 3.22. The Morgan fingerprint density at radius 1 is 1.48 bits per heavy atom. The van der Waals surface area contributed by atoms with Crippen molar-refractivity contribution in [3.63, 3.8) is 0 Å². The van der Waals surface area contributed by atoms with Crippen molar-refractivity contribution in [1.82, 2.24) is 15.0 Å². The van der Waals surface area contributed by atoms with E-state index in [4.69, 9.17) is 11.6 Å². The van der Waals surface area contributed by atoms with Crippen molar-refractivity contribution < 1.29 is 4.79 Å². The molecule has 1 saturated carbocycles. The smallest absolute Gasteiger partial charge is 0.228 e. The van der Waals surface area contributed by atoms with Gasteiger partial charge in [0, 0.05) is 36.0 Å². The fourth-order valence-electron chi connectivity index (χ4n) is 2.15. The zero-order chi connectivity index (χ0) is 15.0. The molecule has 0 aliphatic heterocycles. The Balaban J connectivity index is 1.69. The van der Waals surface area contributed by atoms with Crippen molar-refractivity contribution >= 4 is 39.1 Å². The Hall–Kier alpha value is -1.53. The molecule has 2 aromatic rings. The van der Waals surface area contributed by atoms with Gasteiger partial charge >= 0.3 is 0 Å². The molecule has 21 heavy (non-hydrogen) atoms. The second-order valence-corrected chi connectivity index (χ2v) is 6.22. The number of carbonyl (C=O) groups excluding carboxylic acids is 1. The average Bonchev–Trinajstić information content (AvgIpc) is 3.23. The number of nitrogens with zero attached hydrogens (tertiary/aromatic N) is 3. The fraction of sp³-hybridized carbons (Fsp3) is 0.286. The van der Waals surface area contributed by atoms with E-state index in [1.54, 1.807) is 18.5 Å². The van der Waals surface area contributed by atoms with Crippen LogP contribution < -0.4 is 5.32 Å². The van der Waals surface area contributed by atoms with Crippen molar-refractivity contribution in [2.45, 2.75) is 19.3 Å². The number of aryl methyl sites for hydroxylation is 1. The lowest BCUT2D eigenvalue weighted by Gasteiger charge is -2.07. The summed E-state index contributed by atoms with van der Waals surface area (Å²) in [7, 11) is 0. The van der Waals surface area contributed by atoms with E-state index in [-0.39, 0.29) is 17.7 Å². The van der Waals surface area contributed by atoms with E-state index in [9.17, 15) is 4.79 Å². The van der Waals surface area contributed by atoms with Gasteiger partial charge in [-0.05, 0) is 35.3 Å². The second kappa shape index (κ2) is 5.69. The Kier molecular flexibility index (Phi) is 3.91. The summed E-state index contributed by atoms with van der Waals surface area (Å²) in [6.07, 6.45) is 4.06. The van der Waals surface area contributed by atoms with E-state index >= 15 is 0 Å². The third-order valence-electron chi connectivity index (χ3n) is 3.35. The Labute approximate surface area is 135 Å². The Morgan fingerprint density at radius 3 is 3.05 bits per heavy atom. The van der Waals surface area contributed by atoms with Crippen molar-refractivity contribution in [3.05, 3.63) is 45.7 Å². The molecule has 1 aliphatic carbocycles. The standard InChI is InChI=1S/C14H12BrClN4O/c1-7-2-3-17-13(19-7)8-4-9(8)14(21)20-11-5-12(16)18-6-10(11)15/h2-3,5-6,8-9H,4H2,1H3,(H,18,20,21). The van der Waals surface area contributed by atoms with Gasteiger partial charge in [-0.2, -0.15) is 0 Å². The van der Waals surface area contributed by atoms with Gasteiger partial charge in [-0.25, -0.2) is 15.0 Å². The van der Waals surface area contributed by atoms with Gasteiger partial charge in [0.2, 0.25) is 5.91 Å². The number of aromatic nitrogens is 3. The number of hydrogen-bond acceptors (Lipinski definition) is 4. The molecule has 1 fully saturated rings. The molecular weight excluding hydrogens is 356 g/mol. The first-order valence-corrected chi connectivity index (χ1v) is 7.63. The number of halogens is 2. The van der Waals surface area contributed by atoms with Gasteiger partial charge in [-0.3, -0.25) is 4.79 Å². The molecule has 2 unspecified atom stereocenters. The number of carbonyl (C=O) groups is 1. The number of hydrogen-bond donors (Lipinski definition) is 1. The van der Waals surface area contributed by atoms with E-state index < -0.39 is 0 Å². The number of rotatable bonds is 3. The van der Waals surface area contributed by atoms with E-state index in [0.29, 0.717) is 15.3 Å². The van der Waals surface area contributed by atoms with Crippen LogP contribution in [0.4, 0.5) is 5.69 Å². The molecule has 2 aromatic heterocycles. The number of anilines is 1. The van der Waals surface area contributed by atoms with Gasteiger partial charge in [0.15, 0.2) is 0 Å². The number of pyridine rings is 1. The van der Waals surface area contributed by atoms with E-state index in [2.05, 4.69) is 36.2 Å². The minimum atomic E-state index is -0.0920. The zero-order valence-electron chi connectivity index (χ0n) is 11.2. The molecule has 0 bridgehead atoms. The van der Waals surface area contributed by atoms with Crippen LogP contribution >= 0.6 is 27.5 Å². The van der Waals surface area contributed by atoms with Crippen LogP contribution in [0.5, 0.6) is 0 Å². The van der Waals surface area contributed by atoms with Gasteiger partial charge in [0.1, 0.15) is 11.0 Å². The highest BCUT2D eigenvalue weighted by molar-refractivity contribution is 9.10. The summed E-state index contributed by atoms with van der Waals surface area (Å²) in [5.41, 5.74) is 1.53. The van der Waals surface area contributed by atoms with Crippen LogP contribution in [0.3, 0.4) is 0 Å². The predicted molar refractivity (Wildman–Crippen MR) is 83.2 cm³/mol. The molecule has 0 aromatic carbocycles. The summed E-state index contributed by atoms with van der Waals surface area (Å²) in [6, 6.07) is 3.46. The Morgan fingerprint density at radius 2 is 2.29 bits per heavy atom. The summed E-state index contributed by atoms with van der Waals surface area (Å²) in [6.45, 7) is 1.92. The minimum Gasteiger partial charge on any atom is -0.325 e. The van der Waals surface area contributed by atoms with E-state index in [1.165, 1.54) is 0 Å². The van der Waals surface area contributed by atoms with Crippen LogP contribution in [0.1, 0.15) is 23.9 Å². The van der Waals surface area contributed by atoms with Gasteiger partial charge in [-0.1, -0.05) is 11.6 Å². The minimum absolute atomic E-state index is 0.0481. The second-order valence-electron chi connectivity index (χ2n) is 4.98. The van der Waals surface area contributed by atoms with Crippen molar-refractivity contribution in [2.24, 2.45) is 5.92 Å². The number of nitrogens with one attached hydrogen (secondary N) is 1. The lowest BCUT2D eigenvalue weighted by molar-refractivity contribution is -0.117. The van der Waals surface area contributed by atoms with E-state index in [0.717, 1.165) is 17.9 Å². The maximum atomic E-state index is 12.3. The molecule has 1 aliphatic rings. The Bertz CT molecular complexity index is 709. The maximum absolute atomic E-state index is 12.3. The van der Waals surface area contributed by atoms with Crippen LogP contribution in [0, 0.1) is 12.8 Å². The molecule has 7 heteroatoms. The SMILES string of the molecule is Cc1ccnc(C2CC2C(=O)Nc2cc(Cl)ncc2Br)n1. The molecule has 0 spiro atoms. The summed E-state index contributed by atoms with van der Waals surface area (Å²) in [5, 5.41) is 3.20.